The van der Waals surface area contributed by atoms with Gasteiger partial charge in [0.05, 0.1) is 22.5 Å². The first kappa shape index (κ1) is 15.5. The maximum atomic E-state index is 13.3. The van der Waals surface area contributed by atoms with Crippen molar-refractivity contribution in [3.8, 4) is 11.3 Å². The van der Waals surface area contributed by atoms with E-state index in [9.17, 15) is 9.59 Å². The standard InChI is InChI=1S/C22H15N3O2/c1-12-10-11-15-18-19(12)24-22(27)25-20(18)14-8-5-9-16(17(14)21(15)26)23-13-6-3-2-4-7-13/h2-11,23H,1H3,(H,24,25,27). The van der Waals surface area contributed by atoms with Gasteiger partial charge < -0.3 is 10.3 Å². The first-order chi connectivity index (χ1) is 13.1. The van der Waals surface area contributed by atoms with Crippen molar-refractivity contribution < 1.29 is 4.79 Å². The van der Waals surface area contributed by atoms with Crippen LogP contribution < -0.4 is 11.0 Å². The Morgan fingerprint density at radius 1 is 0.889 bits per heavy atom. The van der Waals surface area contributed by atoms with Gasteiger partial charge in [-0.1, -0.05) is 36.4 Å². The molecule has 2 N–H and O–H groups in total. The van der Waals surface area contributed by atoms with Gasteiger partial charge in [-0.3, -0.25) is 4.79 Å². The predicted octanol–water partition coefficient (Wildman–Crippen LogP) is 4.19. The van der Waals surface area contributed by atoms with E-state index in [1.807, 2.05) is 67.6 Å². The van der Waals surface area contributed by atoms with Crippen molar-refractivity contribution in [2.45, 2.75) is 6.92 Å². The molecule has 4 aromatic rings. The Labute approximate surface area is 154 Å². The van der Waals surface area contributed by atoms with Crippen LogP contribution in [0.5, 0.6) is 0 Å². The number of ketones is 1. The van der Waals surface area contributed by atoms with Gasteiger partial charge in [-0.2, -0.15) is 4.98 Å². The second-order valence-electron chi connectivity index (χ2n) is 6.62. The number of fused-ring (bicyclic) bond motifs is 2. The highest BCUT2D eigenvalue weighted by molar-refractivity contribution is 6.27. The SMILES string of the molecule is Cc1ccc2c3c([nH]c(=O)nc13)-c1cccc(Nc3ccccc3)c1C2=O. The molecule has 1 heterocycles. The topological polar surface area (TPSA) is 74.8 Å². The first-order valence-electron chi connectivity index (χ1n) is 8.67. The second kappa shape index (κ2) is 5.64. The van der Waals surface area contributed by atoms with Gasteiger partial charge in [-0.05, 0) is 36.8 Å². The molecule has 0 fully saturated rings. The molecular formula is C22H15N3O2. The first-order valence-corrected chi connectivity index (χ1v) is 8.67. The van der Waals surface area contributed by atoms with Crippen molar-refractivity contribution in [1.82, 2.24) is 9.97 Å². The Balaban J connectivity index is 1.82. The second-order valence-corrected chi connectivity index (χ2v) is 6.62. The molecule has 0 atom stereocenters. The Kier molecular flexibility index (Phi) is 3.24. The maximum Gasteiger partial charge on any atom is 0.345 e. The molecule has 0 radical (unpaired) electrons. The van der Waals surface area contributed by atoms with Crippen LogP contribution in [0.25, 0.3) is 22.2 Å². The van der Waals surface area contributed by atoms with Gasteiger partial charge in [0.2, 0.25) is 0 Å². The number of hydrogen-bond acceptors (Lipinski definition) is 4. The summed E-state index contributed by atoms with van der Waals surface area (Å²) in [5.74, 6) is -0.0737. The fraction of sp³-hybridized carbons (Fsp3) is 0.0455. The average Bonchev–Trinajstić information content (AvgIpc) is 2.68. The van der Waals surface area contributed by atoms with E-state index in [2.05, 4.69) is 15.3 Å². The van der Waals surface area contributed by atoms with Crippen molar-refractivity contribution >= 4 is 28.1 Å². The molecule has 1 aliphatic carbocycles. The molecule has 0 amide bonds. The minimum absolute atomic E-state index is 0.0737. The number of aromatic amines is 1. The average molecular weight is 353 g/mol. The number of benzene rings is 3. The molecule has 0 unspecified atom stereocenters. The molecule has 5 nitrogen and oxygen atoms in total. The number of anilines is 2. The molecule has 1 aliphatic rings. The van der Waals surface area contributed by atoms with Gasteiger partial charge in [0.1, 0.15) is 0 Å². The molecule has 5 heteroatoms. The van der Waals surface area contributed by atoms with E-state index < -0.39 is 5.69 Å². The largest absolute Gasteiger partial charge is 0.355 e. The van der Waals surface area contributed by atoms with Crippen LogP contribution in [0.1, 0.15) is 21.5 Å². The predicted molar refractivity (Wildman–Crippen MR) is 106 cm³/mol. The zero-order valence-electron chi connectivity index (χ0n) is 14.5. The van der Waals surface area contributed by atoms with Crippen LogP contribution in [0, 0.1) is 6.92 Å². The number of H-pyrrole nitrogens is 1. The molecule has 5 rings (SSSR count). The maximum absolute atomic E-state index is 13.3. The summed E-state index contributed by atoms with van der Waals surface area (Å²) in [5.41, 5.74) is 5.10. The van der Waals surface area contributed by atoms with Crippen molar-refractivity contribution in [2.24, 2.45) is 0 Å². The van der Waals surface area contributed by atoms with E-state index in [0.717, 1.165) is 11.3 Å². The zero-order chi connectivity index (χ0) is 18.5. The van der Waals surface area contributed by atoms with E-state index in [-0.39, 0.29) is 5.78 Å². The minimum Gasteiger partial charge on any atom is -0.355 e. The number of carbonyl (C=O) groups excluding carboxylic acids is 1. The Bertz CT molecular complexity index is 1290. The summed E-state index contributed by atoms with van der Waals surface area (Å²) in [6.45, 7) is 1.89. The van der Waals surface area contributed by atoms with Crippen LogP contribution in [0.2, 0.25) is 0 Å². The third-order valence-electron chi connectivity index (χ3n) is 4.93. The Morgan fingerprint density at radius 3 is 2.52 bits per heavy atom. The molecule has 0 spiro atoms. The van der Waals surface area contributed by atoms with Crippen LogP contribution >= 0.6 is 0 Å². The number of carbonyl (C=O) groups is 1. The number of nitrogens with one attached hydrogen (secondary N) is 2. The van der Waals surface area contributed by atoms with Crippen LogP contribution in [0.4, 0.5) is 11.4 Å². The van der Waals surface area contributed by atoms with Crippen molar-refractivity contribution in [3.63, 3.8) is 0 Å². The lowest BCUT2D eigenvalue weighted by molar-refractivity contribution is 0.104. The van der Waals surface area contributed by atoms with Gasteiger partial charge in [0.15, 0.2) is 5.78 Å². The molecule has 3 aromatic carbocycles. The van der Waals surface area contributed by atoms with Gasteiger partial charge >= 0.3 is 5.69 Å². The normalized spacial score (nSPS) is 12.1. The van der Waals surface area contributed by atoms with Gasteiger partial charge in [0.25, 0.3) is 0 Å². The number of aryl methyl sites for hydroxylation is 1. The fourth-order valence-electron chi connectivity index (χ4n) is 3.70. The smallest absolute Gasteiger partial charge is 0.345 e. The van der Waals surface area contributed by atoms with E-state index in [4.69, 9.17) is 0 Å². The summed E-state index contributed by atoms with van der Waals surface area (Å²) in [7, 11) is 0. The molecule has 130 valence electrons. The number of hydrogen-bond donors (Lipinski definition) is 2. The lowest BCUT2D eigenvalue weighted by Crippen LogP contribution is -2.19. The third-order valence-corrected chi connectivity index (χ3v) is 4.93. The van der Waals surface area contributed by atoms with Crippen LogP contribution in [0.15, 0.2) is 65.5 Å². The molecule has 0 bridgehead atoms. The lowest BCUT2D eigenvalue weighted by Gasteiger charge is -2.22. The lowest BCUT2D eigenvalue weighted by atomic mass is 9.85. The summed E-state index contributed by atoms with van der Waals surface area (Å²) < 4.78 is 0. The van der Waals surface area contributed by atoms with E-state index in [1.54, 1.807) is 0 Å². The van der Waals surface area contributed by atoms with Gasteiger partial charge in [-0.15, -0.1) is 0 Å². The van der Waals surface area contributed by atoms with Crippen molar-refractivity contribution in [3.05, 3.63) is 87.8 Å². The molecule has 27 heavy (non-hydrogen) atoms. The van der Waals surface area contributed by atoms with Crippen LogP contribution in [0.3, 0.4) is 0 Å². The highest BCUT2D eigenvalue weighted by atomic mass is 16.1. The minimum atomic E-state index is -0.417. The summed E-state index contributed by atoms with van der Waals surface area (Å²) in [4.78, 5) is 32.4. The van der Waals surface area contributed by atoms with Gasteiger partial charge in [-0.25, -0.2) is 4.79 Å². The third kappa shape index (κ3) is 2.29. The summed E-state index contributed by atoms with van der Waals surface area (Å²) in [5, 5.41) is 4.03. The molecule has 0 saturated carbocycles. The van der Waals surface area contributed by atoms with Crippen molar-refractivity contribution in [2.75, 3.05) is 5.32 Å². The van der Waals surface area contributed by atoms with E-state index >= 15 is 0 Å². The Morgan fingerprint density at radius 2 is 1.70 bits per heavy atom. The quantitative estimate of drug-likeness (QED) is 0.499. The number of aromatic nitrogens is 2. The highest BCUT2D eigenvalue weighted by Gasteiger charge is 2.29. The summed E-state index contributed by atoms with van der Waals surface area (Å²) >= 11 is 0. The van der Waals surface area contributed by atoms with Crippen LogP contribution in [-0.2, 0) is 0 Å². The number of rotatable bonds is 2. The molecule has 0 aliphatic heterocycles. The summed E-state index contributed by atoms with van der Waals surface area (Å²) in [6, 6.07) is 18.9. The zero-order valence-corrected chi connectivity index (χ0v) is 14.5. The molecular weight excluding hydrogens is 338 g/mol. The number of para-hydroxylation sites is 1. The van der Waals surface area contributed by atoms with Crippen molar-refractivity contribution in [1.29, 1.82) is 0 Å². The summed E-state index contributed by atoms with van der Waals surface area (Å²) in [6.07, 6.45) is 0. The monoisotopic (exact) mass is 353 g/mol. The van der Waals surface area contributed by atoms with E-state index in [1.165, 1.54) is 0 Å². The number of nitrogens with zero attached hydrogens (tertiary/aromatic N) is 1. The van der Waals surface area contributed by atoms with E-state index in [0.29, 0.717) is 39.0 Å². The van der Waals surface area contributed by atoms with Crippen LogP contribution in [-0.4, -0.2) is 15.8 Å². The fourth-order valence-corrected chi connectivity index (χ4v) is 3.70. The Hall–Kier alpha value is -3.73. The van der Waals surface area contributed by atoms with Gasteiger partial charge in [0, 0.05) is 22.2 Å². The highest BCUT2D eigenvalue weighted by Crippen LogP contribution is 2.41. The molecule has 0 saturated heterocycles. The molecule has 1 aromatic heterocycles.